The number of halogens is 3. The van der Waals surface area contributed by atoms with Crippen LogP contribution in [0, 0.1) is 0 Å². The Balaban J connectivity index is 1.52. The monoisotopic (exact) mass is 415 g/mol. The number of anilines is 1. The lowest BCUT2D eigenvalue weighted by Gasteiger charge is -2.17. The van der Waals surface area contributed by atoms with Crippen LogP contribution in [0.5, 0.6) is 5.75 Å². The van der Waals surface area contributed by atoms with Gasteiger partial charge in [0.1, 0.15) is 5.75 Å². The largest absolute Gasteiger partial charge is 0.573 e. The molecule has 1 aromatic carbocycles. The van der Waals surface area contributed by atoms with Gasteiger partial charge >= 0.3 is 6.36 Å². The fourth-order valence-electron chi connectivity index (χ4n) is 2.97. The number of nitrogens with zero attached hydrogens (tertiary/aromatic N) is 2. The summed E-state index contributed by atoms with van der Waals surface area (Å²) < 4.78 is 46.0. The molecule has 1 N–H and O–H groups in total. The first-order chi connectivity index (χ1) is 13.3. The summed E-state index contributed by atoms with van der Waals surface area (Å²) in [6, 6.07) is 4.94. The van der Waals surface area contributed by atoms with Crippen molar-refractivity contribution >= 4 is 23.4 Å². The van der Waals surface area contributed by atoms with Crippen LogP contribution in [-0.4, -0.2) is 27.7 Å². The van der Waals surface area contributed by atoms with Crippen molar-refractivity contribution in [2.24, 2.45) is 0 Å². The molecule has 1 atom stereocenters. The van der Waals surface area contributed by atoms with E-state index in [-0.39, 0.29) is 17.6 Å². The fourth-order valence-corrected chi connectivity index (χ4v) is 3.66. The topological polar surface area (TPSA) is 77.2 Å². The van der Waals surface area contributed by atoms with Crippen LogP contribution in [0.1, 0.15) is 50.8 Å². The molecule has 10 heteroatoms. The highest BCUT2D eigenvalue weighted by Crippen LogP contribution is 2.33. The Labute approximate surface area is 164 Å². The molecule has 1 aliphatic carbocycles. The maximum Gasteiger partial charge on any atom is 0.573 e. The van der Waals surface area contributed by atoms with Gasteiger partial charge in [-0.2, -0.15) is 0 Å². The van der Waals surface area contributed by atoms with Gasteiger partial charge in [-0.3, -0.25) is 4.79 Å². The van der Waals surface area contributed by atoms with Crippen molar-refractivity contribution in [3.05, 3.63) is 30.2 Å². The minimum absolute atomic E-state index is 0.289. The molecule has 0 unspecified atom stereocenters. The van der Waals surface area contributed by atoms with Gasteiger partial charge in [-0.05, 0) is 44.0 Å². The normalized spacial score (nSPS) is 16.6. The lowest BCUT2D eigenvalue weighted by molar-refractivity contribution is -0.274. The Hall–Kier alpha value is -2.23. The van der Waals surface area contributed by atoms with Crippen molar-refractivity contribution < 1.29 is 27.1 Å². The second-order valence-electron chi connectivity index (χ2n) is 6.56. The average molecular weight is 415 g/mol. The SMILES string of the molecule is C[C@H](Sc1nnc(C2CCCCC2)o1)C(=O)Nc1ccc(OC(F)(F)F)cc1. The molecule has 0 aliphatic heterocycles. The standard InChI is InChI=1S/C18H20F3N3O3S/c1-11(28-17-24-23-16(26-17)12-5-3-2-4-6-12)15(25)22-13-7-9-14(10-8-13)27-18(19,20)21/h7-12H,2-6H2,1H3,(H,22,25)/t11-/m0/s1. The van der Waals surface area contributed by atoms with Crippen molar-refractivity contribution in [1.29, 1.82) is 0 Å². The van der Waals surface area contributed by atoms with Crippen molar-refractivity contribution in [2.45, 2.75) is 61.8 Å². The highest BCUT2D eigenvalue weighted by Gasteiger charge is 2.31. The second kappa shape index (κ2) is 8.85. The van der Waals surface area contributed by atoms with Crippen molar-refractivity contribution in [3.8, 4) is 5.75 Å². The molecule has 152 valence electrons. The lowest BCUT2D eigenvalue weighted by Crippen LogP contribution is -2.22. The van der Waals surface area contributed by atoms with Crippen LogP contribution >= 0.6 is 11.8 Å². The molecular formula is C18H20F3N3O3S. The summed E-state index contributed by atoms with van der Waals surface area (Å²) in [4.78, 5) is 12.3. The molecule has 1 aromatic heterocycles. The zero-order chi connectivity index (χ0) is 20.1. The zero-order valence-corrected chi connectivity index (χ0v) is 16.0. The van der Waals surface area contributed by atoms with Gasteiger partial charge in [0, 0.05) is 11.6 Å². The Morgan fingerprint density at radius 1 is 1.21 bits per heavy atom. The number of ether oxygens (including phenoxy) is 1. The molecular weight excluding hydrogens is 395 g/mol. The molecule has 1 aliphatic rings. The first kappa shape index (κ1) is 20.5. The molecule has 1 heterocycles. The molecule has 6 nitrogen and oxygen atoms in total. The Morgan fingerprint density at radius 3 is 2.54 bits per heavy atom. The smallest absolute Gasteiger partial charge is 0.416 e. The number of nitrogens with one attached hydrogen (secondary N) is 1. The number of amides is 1. The Morgan fingerprint density at radius 2 is 1.89 bits per heavy atom. The minimum Gasteiger partial charge on any atom is -0.416 e. The van der Waals surface area contributed by atoms with Gasteiger partial charge in [-0.1, -0.05) is 31.0 Å². The number of aromatic nitrogens is 2. The third-order valence-electron chi connectivity index (χ3n) is 4.38. The number of carbonyl (C=O) groups excluding carboxylic acids is 1. The molecule has 0 saturated heterocycles. The lowest BCUT2D eigenvalue weighted by atomic mass is 9.89. The number of thioether (sulfide) groups is 1. The van der Waals surface area contributed by atoms with E-state index in [0.29, 0.717) is 16.8 Å². The third kappa shape index (κ3) is 5.88. The zero-order valence-electron chi connectivity index (χ0n) is 15.2. The van der Waals surface area contributed by atoms with E-state index >= 15 is 0 Å². The van der Waals surface area contributed by atoms with E-state index in [0.717, 1.165) is 49.6 Å². The van der Waals surface area contributed by atoms with E-state index in [1.54, 1.807) is 6.92 Å². The minimum atomic E-state index is -4.75. The molecule has 0 bridgehead atoms. The van der Waals surface area contributed by atoms with Crippen LogP contribution in [0.4, 0.5) is 18.9 Å². The summed E-state index contributed by atoms with van der Waals surface area (Å²) in [7, 11) is 0. The van der Waals surface area contributed by atoms with Gasteiger partial charge in [0.05, 0.1) is 5.25 Å². The number of hydrogen-bond acceptors (Lipinski definition) is 6. The number of alkyl halides is 3. The predicted molar refractivity (Wildman–Crippen MR) is 97.2 cm³/mol. The number of rotatable bonds is 6. The van der Waals surface area contributed by atoms with Crippen LogP contribution in [0.15, 0.2) is 33.9 Å². The van der Waals surface area contributed by atoms with Gasteiger partial charge in [0.25, 0.3) is 5.22 Å². The van der Waals surface area contributed by atoms with Crippen LogP contribution in [-0.2, 0) is 4.79 Å². The van der Waals surface area contributed by atoms with E-state index in [1.165, 1.54) is 18.6 Å². The second-order valence-corrected chi connectivity index (χ2v) is 7.85. The molecule has 0 spiro atoms. The Bertz CT molecular complexity index is 789. The van der Waals surface area contributed by atoms with E-state index in [9.17, 15) is 18.0 Å². The number of carbonyl (C=O) groups is 1. The predicted octanol–water partition coefficient (Wildman–Crippen LogP) is 5.14. The van der Waals surface area contributed by atoms with Crippen molar-refractivity contribution in [3.63, 3.8) is 0 Å². The quantitative estimate of drug-likeness (QED) is 0.659. The first-order valence-electron chi connectivity index (χ1n) is 8.97. The van der Waals surface area contributed by atoms with Gasteiger partial charge in [0.15, 0.2) is 0 Å². The number of benzene rings is 1. The summed E-state index contributed by atoms with van der Waals surface area (Å²) in [5, 5.41) is 10.6. The molecule has 28 heavy (non-hydrogen) atoms. The maximum absolute atomic E-state index is 12.3. The highest BCUT2D eigenvalue weighted by atomic mass is 32.2. The summed E-state index contributed by atoms with van der Waals surface area (Å²) in [5.74, 6) is 0.230. The summed E-state index contributed by atoms with van der Waals surface area (Å²) in [6.45, 7) is 1.69. The van der Waals surface area contributed by atoms with Crippen molar-refractivity contribution in [1.82, 2.24) is 10.2 Å². The van der Waals surface area contributed by atoms with Crippen molar-refractivity contribution in [2.75, 3.05) is 5.32 Å². The van der Waals surface area contributed by atoms with Crippen LogP contribution < -0.4 is 10.1 Å². The third-order valence-corrected chi connectivity index (χ3v) is 5.31. The van der Waals surface area contributed by atoms with Gasteiger partial charge in [-0.15, -0.1) is 23.4 Å². The molecule has 1 saturated carbocycles. The molecule has 1 amide bonds. The van der Waals surface area contributed by atoms with Gasteiger partial charge in [0.2, 0.25) is 11.8 Å². The summed E-state index contributed by atoms with van der Waals surface area (Å²) in [5.41, 5.74) is 0.361. The Kier molecular flexibility index (Phi) is 6.48. The van der Waals surface area contributed by atoms with Crippen LogP contribution in [0.25, 0.3) is 0 Å². The maximum atomic E-state index is 12.3. The average Bonchev–Trinajstić information content (AvgIpc) is 3.11. The van der Waals surface area contributed by atoms with E-state index in [2.05, 4.69) is 20.3 Å². The molecule has 0 radical (unpaired) electrons. The van der Waals surface area contributed by atoms with E-state index in [4.69, 9.17) is 4.42 Å². The fraction of sp³-hybridized carbons (Fsp3) is 0.500. The van der Waals surface area contributed by atoms with Crippen LogP contribution in [0.2, 0.25) is 0 Å². The van der Waals surface area contributed by atoms with E-state index in [1.807, 2.05) is 0 Å². The summed E-state index contributed by atoms with van der Waals surface area (Å²) >= 11 is 1.14. The highest BCUT2D eigenvalue weighted by molar-refractivity contribution is 8.00. The van der Waals surface area contributed by atoms with Gasteiger partial charge < -0.3 is 14.5 Å². The molecule has 2 aromatic rings. The van der Waals surface area contributed by atoms with E-state index < -0.39 is 11.6 Å². The van der Waals surface area contributed by atoms with Gasteiger partial charge in [-0.25, -0.2) is 0 Å². The molecule has 1 fully saturated rings. The summed E-state index contributed by atoms with van der Waals surface area (Å²) in [6.07, 6.45) is 0.859. The molecule has 3 rings (SSSR count). The first-order valence-corrected chi connectivity index (χ1v) is 9.85. The number of hydrogen-bond donors (Lipinski definition) is 1. The van der Waals surface area contributed by atoms with Crippen LogP contribution in [0.3, 0.4) is 0 Å².